The number of esters is 2. The van der Waals surface area contributed by atoms with Gasteiger partial charge in [-0.1, -0.05) is 36.4 Å². The molecule has 0 spiro atoms. The number of amides is 2. The minimum Gasteiger partial charge on any atom is -0.469 e. The third-order valence-electron chi connectivity index (χ3n) is 6.47. The van der Waals surface area contributed by atoms with Gasteiger partial charge < -0.3 is 19.4 Å². The van der Waals surface area contributed by atoms with Gasteiger partial charge >= 0.3 is 11.9 Å². The topological polar surface area (TPSA) is 122 Å². The van der Waals surface area contributed by atoms with Crippen molar-refractivity contribution < 1.29 is 28.7 Å². The molecule has 3 heterocycles. The highest BCUT2D eigenvalue weighted by atomic mass is 16.5. The van der Waals surface area contributed by atoms with E-state index in [1.807, 2.05) is 48.5 Å². The van der Waals surface area contributed by atoms with Gasteiger partial charge in [-0.3, -0.25) is 19.3 Å². The number of hydrogen-bond acceptors (Lipinski definition) is 6. The summed E-state index contributed by atoms with van der Waals surface area (Å²) in [5, 5.41) is 1.52. The van der Waals surface area contributed by atoms with Crippen LogP contribution in [0.2, 0.25) is 0 Å². The Kier molecular flexibility index (Phi) is 5.89. The molecule has 9 nitrogen and oxygen atoms in total. The van der Waals surface area contributed by atoms with Gasteiger partial charge in [-0.15, -0.1) is 0 Å². The van der Waals surface area contributed by atoms with Crippen molar-refractivity contribution in [3.8, 4) is 0 Å². The fourth-order valence-corrected chi connectivity index (χ4v) is 4.73. The first-order chi connectivity index (χ1) is 17.5. The maximum Gasteiger partial charge on any atom is 0.329 e. The average molecular weight is 485 g/mol. The number of aromatic nitrogens is 2. The van der Waals surface area contributed by atoms with Crippen LogP contribution in [-0.4, -0.2) is 58.9 Å². The number of carbonyl (C=O) groups is 4. The number of para-hydroxylation sites is 2. The second kappa shape index (κ2) is 9.18. The number of imide groups is 1. The van der Waals surface area contributed by atoms with Crippen LogP contribution in [0.1, 0.15) is 24.0 Å². The van der Waals surface area contributed by atoms with E-state index in [2.05, 4.69) is 14.7 Å². The first kappa shape index (κ1) is 23.1. The van der Waals surface area contributed by atoms with E-state index in [0.717, 1.165) is 26.7 Å². The van der Waals surface area contributed by atoms with E-state index in [0.29, 0.717) is 11.1 Å². The average Bonchev–Trinajstić information content (AvgIpc) is 3.58. The van der Waals surface area contributed by atoms with Crippen molar-refractivity contribution in [1.82, 2.24) is 14.9 Å². The van der Waals surface area contributed by atoms with Gasteiger partial charge in [0.1, 0.15) is 6.04 Å². The van der Waals surface area contributed by atoms with Crippen LogP contribution in [0.5, 0.6) is 0 Å². The molecule has 182 valence electrons. The summed E-state index contributed by atoms with van der Waals surface area (Å²) in [7, 11) is 2.40. The zero-order chi connectivity index (χ0) is 25.4. The summed E-state index contributed by atoms with van der Waals surface area (Å²) in [5.74, 6) is -2.63. The van der Waals surface area contributed by atoms with Crippen LogP contribution in [0.3, 0.4) is 0 Å². The SMILES string of the molecule is COC(=O)CC[C@@H](C(=O)OC)N1C(=O)C(c2c[nH]c3ccccc23)=C(c2c[nH]c3ccccc23)C1=O. The van der Waals surface area contributed by atoms with Crippen LogP contribution in [0.15, 0.2) is 60.9 Å². The second-order valence-corrected chi connectivity index (χ2v) is 8.38. The maximum absolute atomic E-state index is 14.0. The monoisotopic (exact) mass is 485 g/mol. The molecule has 5 rings (SSSR count). The highest BCUT2D eigenvalue weighted by Crippen LogP contribution is 2.41. The van der Waals surface area contributed by atoms with Crippen molar-refractivity contribution in [3.63, 3.8) is 0 Å². The lowest BCUT2D eigenvalue weighted by atomic mass is 9.95. The van der Waals surface area contributed by atoms with Crippen molar-refractivity contribution in [3.05, 3.63) is 72.1 Å². The smallest absolute Gasteiger partial charge is 0.329 e. The number of nitrogens with one attached hydrogen (secondary N) is 2. The Balaban J connectivity index is 1.71. The zero-order valence-electron chi connectivity index (χ0n) is 19.7. The maximum atomic E-state index is 14.0. The van der Waals surface area contributed by atoms with Gasteiger partial charge in [-0.05, 0) is 18.6 Å². The lowest BCUT2D eigenvalue weighted by Gasteiger charge is -2.24. The minimum absolute atomic E-state index is 0.126. The molecule has 2 amide bonds. The highest BCUT2D eigenvalue weighted by molar-refractivity contribution is 6.51. The fourth-order valence-electron chi connectivity index (χ4n) is 4.73. The summed E-state index contributed by atoms with van der Waals surface area (Å²) in [4.78, 5) is 59.7. The minimum atomic E-state index is -1.29. The largest absolute Gasteiger partial charge is 0.469 e. The van der Waals surface area contributed by atoms with Gasteiger partial charge in [-0.2, -0.15) is 0 Å². The molecule has 0 unspecified atom stereocenters. The Morgan fingerprint density at radius 3 is 1.78 bits per heavy atom. The summed E-state index contributed by atoms with van der Waals surface area (Å²) in [6.45, 7) is 0. The fraction of sp³-hybridized carbons (Fsp3) is 0.185. The van der Waals surface area contributed by atoms with E-state index in [4.69, 9.17) is 4.74 Å². The van der Waals surface area contributed by atoms with E-state index in [9.17, 15) is 19.2 Å². The summed E-state index contributed by atoms with van der Waals surface area (Å²) in [6.07, 6.45) is 3.08. The zero-order valence-corrected chi connectivity index (χ0v) is 19.7. The predicted molar refractivity (Wildman–Crippen MR) is 132 cm³/mol. The molecule has 0 fully saturated rings. The number of hydrogen-bond donors (Lipinski definition) is 2. The molecule has 0 aliphatic carbocycles. The van der Waals surface area contributed by atoms with Gasteiger partial charge in [0.15, 0.2) is 0 Å². The molecule has 1 aliphatic rings. The normalized spacial score (nSPS) is 14.7. The lowest BCUT2D eigenvalue weighted by molar-refractivity contribution is -0.156. The molecule has 0 radical (unpaired) electrons. The Morgan fingerprint density at radius 1 is 0.806 bits per heavy atom. The molecule has 36 heavy (non-hydrogen) atoms. The van der Waals surface area contributed by atoms with Crippen LogP contribution in [-0.2, 0) is 28.7 Å². The number of nitrogens with zero attached hydrogens (tertiary/aromatic N) is 1. The number of benzene rings is 2. The van der Waals surface area contributed by atoms with E-state index in [1.54, 1.807) is 12.4 Å². The Morgan fingerprint density at radius 2 is 1.31 bits per heavy atom. The number of carbonyl (C=O) groups excluding carboxylic acids is 4. The lowest BCUT2D eigenvalue weighted by Crippen LogP contribution is -2.46. The molecule has 4 aromatic rings. The van der Waals surface area contributed by atoms with Crippen molar-refractivity contribution in [2.24, 2.45) is 0 Å². The summed E-state index contributed by atoms with van der Waals surface area (Å²) >= 11 is 0. The standard InChI is InChI=1S/C27H23N3O6/c1-35-22(31)12-11-21(27(34)36-2)30-25(32)23(17-13-28-19-9-5-3-7-15(17)19)24(26(30)33)18-14-29-20-10-6-4-8-16(18)20/h3-10,13-14,21,28-29H,11-12H2,1-2H3/t21-/m0/s1. The van der Waals surface area contributed by atoms with Crippen LogP contribution in [0.25, 0.3) is 33.0 Å². The van der Waals surface area contributed by atoms with Gasteiger partial charge in [0.2, 0.25) is 0 Å². The van der Waals surface area contributed by atoms with Crippen molar-refractivity contribution in [2.45, 2.75) is 18.9 Å². The van der Waals surface area contributed by atoms with Gasteiger partial charge in [-0.25, -0.2) is 4.79 Å². The molecule has 1 aliphatic heterocycles. The molecule has 2 aromatic carbocycles. The third kappa shape index (κ3) is 3.65. The number of aromatic amines is 2. The first-order valence-corrected chi connectivity index (χ1v) is 11.4. The number of rotatable bonds is 7. The van der Waals surface area contributed by atoms with Crippen LogP contribution in [0, 0.1) is 0 Å². The number of H-pyrrole nitrogens is 2. The molecule has 0 saturated carbocycles. The summed E-state index contributed by atoms with van der Waals surface area (Å²) < 4.78 is 9.60. The van der Waals surface area contributed by atoms with Crippen LogP contribution < -0.4 is 0 Å². The molecule has 9 heteroatoms. The van der Waals surface area contributed by atoms with Crippen molar-refractivity contribution in [2.75, 3.05) is 14.2 Å². The first-order valence-electron chi connectivity index (χ1n) is 11.4. The van der Waals surface area contributed by atoms with Gasteiger partial charge in [0.05, 0.1) is 25.4 Å². The van der Waals surface area contributed by atoms with Gasteiger partial charge in [0.25, 0.3) is 11.8 Å². The Labute approximate surface area is 205 Å². The highest BCUT2D eigenvalue weighted by Gasteiger charge is 2.47. The third-order valence-corrected chi connectivity index (χ3v) is 6.47. The predicted octanol–water partition coefficient (Wildman–Crippen LogP) is 3.42. The van der Waals surface area contributed by atoms with Gasteiger partial charge in [0, 0.05) is 51.7 Å². The summed E-state index contributed by atoms with van der Waals surface area (Å²) in [6, 6.07) is 13.6. The molecular weight excluding hydrogens is 462 g/mol. The Hall–Kier alpha value is -4.66. The second-order valence-electron chi connectivity index (χ2n) is 8.38. The Bertz CT molecular complexity index is 1460. The number of fused-ring (bicyclic) bond motifs is 2. The molecule has 0 bridgehead atoms. The van der Waals surface area contributed by atoms with E-state index in [-0.39, 0.29) is 24.0 Å². The van der Waals surface area contributed by atoms with Crippen molar-refractivity contribution in [1.29, 1.82) is 0 Å². The van der Waals surface area contributed by atoms with E-state index in [1.165, 1.54) is 14.2 Å². The van der Waals surface area contributed by atoms with Crippen molar-refractivity contribution >= 4 is 56.7 Å². The molecule has 0 saturated heterocycles. The van der Waals surface area contributed by atoms with E-state index >= 15 is 0 Å². The number of methoxy groups -OCH3 is 2. The van der Waals surface area contributed by atoms with Crippen LogP contribution >= 0.6 is 0 Å². The summed E-state index contributed by atoms with van der Waals surface area (Å²) in [5.41, 5.74) is 3.04. The molecule has 2 aromatic heterocycles. The molecule has 2 N–H and O–H groups in total. The van der Waals surface area contributed by atoms with Crippen LogP contribution in [0.4, 0.5) is 0 Å². The molecule has 1 atom stereocenters. The number of ether oxygens (including phenoxy) is 2. The molecular formula is C27H23N3O6. The quantitative estimate of drug-likeness (QED) is 0.306. The van der Waals surface area contributed by atoms with E-state index < -0.39 is 29.8 Å².